The van der Waals surface area contributed by atoms with E-state index in [1.165, 1.54) is 24.7 Å². The monoisotopic (exact) mass is 402 g/mol. The van der Waals surface area contributed by atoms with E-state index in [4.69, 9.17) is 0 Å². The Hall–Kier alpha value is -4.34. The van der Waals surface area contributed by atoms with Crippen LogP contribution in [0.3, 0.4) is 0 Å². The van der Waals surface area contributed by atoms with Crippen molar-refractivity contribution >= 4 is 23.1 Å². The molecule has 0 aliphatic carbocycles. The summed E-state index contributed by atoms with van der Waals surface area (Å²) in [6.07, 6.45) is 6.48. The van der Waals surface area contributed by atoms with Crippen LogP contribution in [-0.4, -0.2) is 35.2 Å². The highest BCUT2D eigenvalue weighted by atomic mass is 16.2. The lowest BCUT2D eigenvalue weighted by Gasteiger charge is -2.10. The number of aromatic nitrogens is 6. The minimum absolute atomic E-state index is 0.156. The Balaban J connectivity index is 1.41. The molecule has 0 aliphatic heterocycles. The van der Waals surface area contributed by atoms with Crippen molar-refractivity contribution in [1.82, 2.24) is 29.3 Å². The molecule has 0 saturated heterocycles. The van der Waals surface area contributed by atoms with Gasteiger partial charge in [-0.3, -0.25) is 14.2 Å². The number of hydrogen-bond acceptors (Lipinski definition) is 7. The van der Waals surface area contributed by atoms with Gasteiger partial charge in [-0.25, -0.2) is 19.6 Å². The molecule has 4 aromatic rings. The first kappa shape index (κ1) is 19.0. The molecule has 1 aromatic carbocycles. The van der Waals surface area contributed by atoms with Crippen LogP contribution in [-0.2, 0) is 11.3 Å². The van der Waals surface area contributed by atoms with Crippen LogP contribution in [0.4, 0.5) is 17.2 Å². The number of carbonyl (C=O) groups is 1. The molecule has 1 amide bonds. The van der Waals surface area contributed by atoms with Gasteiger partial charge in [-0.05, 0) is 37.3 Å². The molecule has 10 nitrogen and oxygen atoms in total. The van der Waals surface area contributed by atoms with Crippen LogP contribution in [0.15, 0.2) is 72.2 Å². The lowest BCUT2D eigenvalue weighted by molar-refractivity contribution is -0.117. The van der Waals surface area contributed by atoms with Crippen LogP contribution in [0.1, 0.15) is 5.82 Å². The van der Waals surface area contributed by atoms with Crippen molar-refractivity contribution in [2.45, 2.75) is 13.5 Å². The summed E-state index contributed by atoms with van der Waals surface area (Å²) in [5.41, 5.74) is 1.06. The average molecular weight is 402 g/mol. The van der Waals surface area contributed by atoms with E-state index in [2.05, 4.69) is 30.7 Å². The summed E-state index contributed by atoms with van der Waals surface area (Å²) in [4.78, 5) is 36.5. The fourth-order valence-electron chi connectivity index (χ4n) is 2.79. The van der Waals surface area contributed by atoms with Crippen LogP contribution in [0.2, 0.25) is 0 Å². The molecule has 0 saturated carbocycles. The van der Waals surface area contributed by atoms with Crippen molar-refractivity contribution in [2.24, 2.45) is 0 Å². The Bertz CT molecular complexity index is 1230. The molecule has 3 aromatic heterocycles. The van der Waals surface area contributed by atoms with Gasteiger partial charge in [-0.1, -0.05) is 0 Å². The van der Waals surface area contributed by atoms with Crippen LogP contribution in [0.25, 0.3) is 5.82 Å². The van der Waals surface area contributed by atoms with E-state index in [0.29, 0.717) is 17.3 Å². The number of nitrogens with zero attached hydrogens (tertiary/aromatic N) is 6. The zero-order chi connectivity index (χ0) is 20.9. The van der Waals surface area contributed by atoms with E-state index in [0.717, 1.165) is 16.2 Å². The molecule has 0 atom stereocenters. The van der Waals surface area contributed by atoms with Crippen LogP contribution in [0, 0.1) is 6.92 Å². The van der Waals surface area contributed by atoms with Crippen molar-refractivity contribution in [3.8, 4) is 5.82 Å². The first-order chi connectivity index (χ1) is 14.6. The van der Waals surface area contributed by atoms with E-state index < -0.39 is 0 Å². The van der Waals surface area contributed by atoms with Gasteiger partial charge in [0.25, 0.3) is 5.56 Å². The Morgan fingerprint density at radius 3 is 2.57 bits per heavy atom. The number of carbonyl (C=O) groups excluding carboxylic acids is 1. The molecule has 4 rings (SSSR count). The zero-order valence-corrected chi connectivity index (χ0v) is 16.1. The number of nitrogens with one attached hydrogen (secondary N) is 2. The van der Waals surface area contributed by atoms with Crippen LogP contribution >= 0.6 is 0 Å². The topological polar surface area (TPSA) is 120 Å². The zero-order valence-electron chi connectivity index (χ0n) is 16.1. The van der Waals surface area contributed by atoms with Gasteiger partial charge in [0.2, 0.25) is 5.91 Å². The molecular formula is C20H18N8O2. The fraction of sp³-hybridized carbons (Fsp3) is 0.100. The Labute approximate surface area is 171 Å². The Morgan fingerprint density at radius 1 is 1.03 bits per heavy atom. The summed E-state index contributed by atoms with van der Waals surface area (Å²) in [6, 6.07) is 11.8. The molecule has 0 unspecified atom stereocenters. The second-order valence-corrected chi connectivity index (χ2v) is 6.38. The number of hydrogen-bond donors (Lipinski definition) is 2. The summed E-state index contributed by atoms with van der Waals surface area (Å²) < 4.78 is 2.96. The van der Waals surface area contributed by atoms with Gasteiger partial charge in [0.05, 0.1) is 0 Å². The summed E-state index contributed by atoms with van der Waals surface area (Å²) in [7, 11) is 0. The van der Waals surface area contributed by atoms with Gasteiger partial charge < -0.3 is 10.6 Å². The maximum Gasteiger partial charge on any atom is 0.267 e. The maximum absolute atomic E-state index is 12.1. The second-order valence-electron chi connectivity index (χ2n) is 6.38. The summed E-state index contributed by atoms with van der Waals surface area (Å²) in [6.45, 7) is 1.74. The largest absolute Gasteiger partial charge is 0.340 e. The molecule has 30 heavy (non-hydrogen) atoms. The highest BCUT2D eigenvalue weighted by Gasteiger charge is 2.07. The molecule has 150 valence electrons. The highest BCUT2D eigenvalue weighted by Crippen LogP contribution is 2.19. The van der Waals surface area contributed by atoms with Gasteiger partial charge in [-0.2, -0.15) is 5.10 Å². The number of benzene rings is 1. The van der Waals surface area contributed by atoms with Crippen LogP contribution < -0.4 is 16.2 Å². The average Bonchev–Trinajstić information content (AvgIpc) is 3.17. The van der Waals surface area contributed by atoms with Gasteiger partial charge in [0.1, 0.15) is 30.3 Å². The molecular weight excluding hydrogens is 384 g/mol. The van der Waals surface area contributed by atoms with Crippen molar-refractivity contribution in [2.75, 3.05) is 10.6 Å². The normalized spacial score (nSPS) is 10.6. The fourth-order valence-corrected chi connectivity index (χ4v) is 2.79. The van der Waals surface area contributed by atoms with Crippen molar-refractivity contribution in [3.05, 3.63) is 83.6 Å². The standard InChI is InChI=1S/C20H18N8O2/c1-14-21-9-10-27(14)18-11-17(22-13-23-18)25-15-4-6-16(7-5-15)26-19(29)12-28-20(30)3-2-8-24-28/h2-11,13H,12H2,1H3,(H,26,29)(H,22,23,25). The number of imidazole rings is 1. The number of anilines is 3. The van der Waals surface area contributed by atoms with Gasteiger partial charge in [0.15, 0.2) is 0 Å². The number of rotatable bonds is 6. The van der Waals surface area contributed by atoms with E-state index in [-0.39, 0.29) is 18.0 Å². The SMILES string of the molecule is Cc1nccn1-c1cc(Nc2ccc(NC(=O)Cn3ncccc3=O)cc2)ncn1. The van der Waals surface area contributed by atoms with Gasteiger partial charge in [0, 0.05) is 42.1 Å². The maximum atomic E-state index is 12.1. The minimum atomic E-state index is -0.340. The summed E-state index contributed by atoms with van der Waals surface area (Å²) in [5, 5.41) is 9.81. The summed E-state index contributed by atoms with van der Waals surface area (Å²) in [5.74, 6) is 1.82. The third kappa shape index (κ3) is 4.38. The third-order valence-corrected chi connectivity index (χ3v) is 4.24. The van der Waals surface area contributed by atoms with Gasteiger partial charge in [-0.15, -0.1) is 0 Å². The molecule has 10 heteroatoms. The van der Waals surface area contributed by atoms with Crippen molar-refractivity contribution in [3.63, 3.8) is 0 Å². The Kier molecular flexibility index (Phi) is 5.29. The quantitative estimate of drug-likeness (QED) is 0.505. The lowest BCUT2D eigenvalue weighted by atomic mass is 10.2. The van der Waals surface area contributed by atoms with E-state index in [1.807, 2.05) is 35.9 Å². The van der Waals surface area contributed by atoms with Crippen LogP contribution in [0.5, 0.6) is 0 Å². The first-order valence-electron chi connectivity index (χ1n) is 9.10. The number of aryl methyl sites for hydroxylation is 1. The molecule has 0 radical (unpaired) electrons. The summed E-state index contributed by atoms with van der Waals surface area (Å²) >= 11 is 0. The van der Waals surface area contributed by atoms with Crippen molar-refractivity contribution < 1.29 is 4.79 Å². The predicted octanol–water partition coefficient (Wildman–Crippen LogP) is 1.91. The molecule has 2 N–H and O–H groups in total. The third-order valence-electron chi connectivity index (χ3n) is 4.24. The first-order valence-corrected chi connectivity index (χ1v) is 9.10. The highest BCUT2D eigenvalue weighted by molar-refractivity contribution is 5.90. The molecule has 0 spiro atoms. The molecule has 0 bridgehead atoms. The minimum Gasteiger partial charge on any atom is -0.340 e. The van der Waals surface area contributed by atoms with E-state index in [1.54, 1.807) is 18.3 Å². The van der Waals surface area contributed by atoms with E-state index in [9.17, 15) is 9.59 Å². The number of amides is 1. The Morgan fingerprint density at radius 2 is 1.83 bits per heavy atom. The van der Waals surface area contributed by atoms with Crippen molar-refractivity contribution in [1.29, 1.82) is 0 Å². The molecule has 3 heterocycles. The predicted molar refractivity (Wildman–Crippen MR) is 111 cm³/mol. The molecule has 0 aliphatic rings. The molecule has 0 fully saturated rings. The van der Waals surface area contributed by atoms with E-state index >= 15 is 0 Å². The van der Waals surface area contributed by atoms with Gasteiger partial charge >= 0.3 is 0 Å². The second kappa shape index (κ2) is 8.35. The lowest BCUT2D eigenvalue weighted by Crippen LogP contribution is -2.28. The smallest absolute Gasteiger partial charge is 0.267 e.